The molecule has 0 aliphatic carbocycles. The molecule has 10 heteroatoms. The van der Waals surface area contributed by atoms with E-state index < -0.39 is 11.7 Å². The van der Waals surface area contributed by atoms with E-state index in [0.29, 0.717) is 55.6 Å². The molecule has 0 unspecified atom stereocenters. The van der Waals surface area contributed by atoms with Crippen LogP contribution in [0.3, 0.4) is 0 Å². The fourth-order valence-corrected chi connectivity index (χ4v) is 5.11. The Bertz CT molecular complexity index is 1370. The van der Waals surface area contributed by atoms with Crippen LogP contribution in [0.1, 0.15) is 56.8 Å². The van der Waals surface area contributed by atoms with Gasteiger partial charge in [-0.25, -0.2) is 9.49 Å². The first-order valence-corrected chi connectivity index (χ1v) is 12.5. The Morgan fingerprint density at radius 1 is 1.22 bits per heavy atom. The van der Waals surface area contributed by atoms with Crippen molar-refractivity contribution >= 4 is 17.5 Å². The SMILES string of the molecule is CN(C(=O)c1cc(Cc2n[nH]c(=O)c3c2NCCC3)ccc1F)C1CCN(C(=O)c2cccnc2)CC1. The molecular weight excluding hydrogens is 475 g/mol. The van der Waals surface area contributed by atoms with Crippen LogP contribution in [0, 0.1) is 5.82 Å². The topological polar surface area (TPSA) is 111 Å². The summed E-state index contributed by atoms with van der Waals surface area (Å²) in [7, 11) is 1.68. The summed E-state index contributed by atoms with van der Waals surface area (Å²) in [5.74, 6) is -1.06. The van der Waals surface area contributed by atoms with Crippen molar-refractivity contribution in [2.24, 2.45) is 0 Å². The number of likely N-dealkylation sites (tertiary alicyclic amines) is 1. The number of nitrogens with zero attached hydrogens (tertiary/aromatic N) is 4. The first-order valence-electron chi connectivity index (χ1n) is 12.5. The number of halogens is 1. The van der Waals surface area contributed by atoms with Crippen molar-refractivity contribution in [3.8, 4) is 0 Å². The number of H-pyrrole nitrogens is 1. The summed E-state index contributed by atoms with van der Waals surface area (Å²) >= 11 is 0. The first kappa shape index (κ1) is 24.6. The van der Waals surface area contributed by atoms with E-state index in [1.165, 1.54) is 6.07 Å². The van der Waals surface area contributed by atoms with Gasteiger partial charge in [-0.05, 0) is 55.5 Å². The number of benzene rings is 1. The highest BCUT2D eigenvalue weighted by molar-refractivity contribution is 5.95. The normalized spacial score (nSPS) is 15.6. The number of hydrogen-bond acceptors (Lipinski definition) is 6. The standard InChI is InChI=1S/C27H29FN6O3/c1-33(19-8-12-34(13-9-19)26(36)18-4-2-10-29-16-18)27(37)21-14-17(6-7-22(21)28)15-23-24-20(5-3-11-30-24)25(35)32-31-23/h2,4,6-7,10,14,16,19,30H,3,5,8-9,11-13,15H2,1H3,(H,32,35). The maximum absolute atomic E-state index is 14.8. The molecule has 5 rings (SSSR count). The predicted octanol–water partition coefficient (Wildman–Crippen LogP) is 2.63. The van der Waals surface area contributed by atoms with Crippen molar-refractivity contribution in [1.82, 2.24) is 25.0 Å². The minimum absolute atomic E-state index is 0.000109. The van der Waals surface area contributed by atoms with Crippen molar-refractivity contribution in [3.63, 3.8) is 0 Å². The van der Waals surface area contributed by atoms with Gasteiger partial charge in [0.2, 0.25) is 0 Å². The van der Waals surface area contributed by atoms with Crippen LogP contribution in [0.25, 0.3) is 0 Å². The number of carbonyl (C=O) groups is 2. The van der Waals surface area contributed by atoms with Gasteiger partial charge < -0.3 is 15.1 Å². The summed E-state index contributed by atoms with van der Waals surface area (Å²) in [6, 6.07) is 7.87. The number of carbonyl (C=O) groups excluding carboxylic acids is 2. The second-order valence-electron chi connectivity index (χ2n) is 9.56. The Balaban J connectivity index is 1.27. The molecule has 1 fully saturated rings. The second kappa shape index (κ2) is 10.5. The van der Waals surface area contributed by atoms with E-state index in [1.54, 1.807) is 53.5 Å². The molecule has 2 aromatic heterocycles. The smallest absolute Gasteiger partial charge is 0.269 e. The van der Waals surface area contributed by atoms with E-state index >= 15 is 0 Å². The zero-order valence-electron chi connectivity index (χ0n) is 20.7. The summed E-state index contributed by atoms with van der Waals surface area (Å²) in [6.07, 6.45) is 6.29. The van der Waals surface area contributed by atoms with Gasteiger partial charge in [0.1, 0.15) is 5.82 Å². The molecule has 4 heterocycles. The number of piperidine rings is 1. The average molecular weight is 505 g/mol. The number of nitrogens with one attached hydrogen (secondary N) is 2. The fraction of sp³-hybridized carbons (Fsp3) is 0.370. The molecule has 192 valence electrons. The largest absolute Gasteiger partial charge is 0.383 e. The molecule has 0 radical (unpaired) electrons. The number of anilines is 1. The highest BCUT2D eigenvalue weighted by Gasteiger charge is 2.29. The van der Waals surface area contributed by atoms with Gasteiger partial charge in [0.15, 0.2) is 0 Å². The number of rotatable bonds is 5. The van der Waals surface area contributed by atoms with Crippen LogP contribution in [-0.4, -0.2) is 69.5 Å². The molecule has 2 aliphatic rings. The van der Waals surface area contributed by atoms with E-state index in [4.69, 9.17) is 0 Å². The van der Waals surface area contributed by atoms with Crippen LogP contribution in [0.4, 0.5) is 10.1 Å². The summed E-state index contributed by atoms with van der Waals surface area (Å²) in [5.41, 5.74) is 3.15. The Morgan fingerprint density at radius 2 is 2.03 bits per heavy atom. The molecule has 9 nitrogen and oxygen atoms in total. The van der Waals surface area contributed by atoms with Gasteiger partial charge in [-0.3, -0.25) is 19.4 Å². The maximum Gasteiger partial charge on any atom is 0.269 e. The summed E-state index contributed by atoms with van der Waals surface area (Å²) in [6.45, 7) is 1.78. The van der Waals surface area contributed by atoms with Crippen LogP contribution >= 0.6 is 0 Å². The van der Waals surface area contributed by atoms with Gasteiger partial charge in [-0.2, -0.15) is 5.10 Å². The summed E-state index contributed by atoms with van der Waals surface area (Å²) in [5, 5.41) is 10.0. The van der Waals surface area contributed by atoms with Crippen LogP contribution in [0.5, 0.6) is 0 Å². The summed E-state index contributed by atoms with van der Waals surface area (Å²) in [4.78, 5) is 45.5. The number of fused-ring (bicyclic) bond motifs is 1. The van der Waals surface area contributed by atoms with E-state index in [0.717, 1.165) is 24.2 Å². The van der Waals surface area contributed by atoms with E-state index in [1.807, 2.05) is 0 Å². The number of pyridine rings is 1. The van der Waals surface area contributed by atoms with Crippen molar-refractivity contribution in [2.45, 2.75) is 38.1 Å². The molecule has 0 atom stereocenters. The first-order chi connectivity index (χ1) is 17.9. The molecule has 0 saturated carbocycles. The zero-order chi connectivity index (χ0) is 25.9. The van der Waals surface area contributed by atoms with Gasteiger partial charge in [0.05, 0.1) is 22.5 Å². The molecule has 0 spiro atoms. The van der Waals surface area contributed by atoms with Crippen molar-refractivity contribution in [1.29, 1.82) is 0 Å². The van der Waals surface area contributed by atoms with Crippen LogP contribution < -0.4 is 10.9 Å². The van der Waals surface area contributed by atoms with Gasteiger partial charge >= 0.3 is 0 Å². The predicted molar refractivity (Wildman–Crippen MR) is 136 cm³/mol. The third kappa shape index (κ3) is 5.09. The van der Waals surface area contributed by atoms with Crippen LogP contribution in [-0.2, 0) is 12.8 Å². The molecule has 3 aromatic rings. The summed E-state index contributed by atoms with van der Waals surface area (Å²) < 4.78 is 14.8. The number of hydrogen-bond donors (Lipinski definition) is 2. The van der Waals surface area contributed by atoms with E-state index in [2.05, 4.69) is 20.5 Å². The van der Waals surface area contributed by atoms with Gasteiger partial charge in [0.25, 0.3) is 17.4 Å². The van der Waals surface area contributed by atoms with Crippen LogP contribution in [0.2, 0.25) is 0 Å². The van der Waals surface area contributed by atoms with Crippen molar-refractivity contribution < 1.29 is 14.0 Å². The Hall–Kier alpha value is -4.08. The number of aromatic nitrogens is 3. The molecule has 2 N–H and O–H groups in total. The van der Waals surface area contributed by atoms with Crippen molar-refractivity contribution in [2.75, 3.05) is 32.0 Å². The molecule has 1 aromatic carbocycles. The monoisotopic (exact) mass is 504 g/mol. The molecule has 0 bridgehead atoms. The van der Waals surface area contributed by atoms with Gasteiger partial charge in [-0.1, -0.05) is 6.07 Å². The van der Waals surface area contributed by atoms with E-state index in [9.17, 15) is 18.8 Å². The van der Waals surface area contributed by atoms with Gasteiger partial charge in [-0.15, -0.1) is 0 Å². The lowest BCUT2D eigenvalue weighted by Crippen LogP contribution is -2.47. The minimum Gasteiger partial charge on any atom is -0.383 e. The lowest BCUT2D eigenvalue weighted by atomic mass is 9.99. The lowest BCUT2D eigenvalue weighted by molar-refractivity contribution is 0.0567. The molecule has 2 aliphatic heterocycles. The fourth-order valence-electron chi connectivity index (χ4n) is 5.11. The highest BCUT2D eigenvalue weighted by atomic mass is 19.1. The average Bonchev–Trinajstić information content (AvgIpc) is 2.95. The molecule has 2 amide bonds. The lowest BCUT2D eigenvalue weighted by Gasteiger charge is -2.36. The zero-order valence-corrected chi connectivity index (χ0v) is 20.7. The number of aromatic amines is 1. The Morgan fingerprint density at radius 3 is 2.78 bits per heavy atom. The third-order valence-electron chi connectivity index (χ3n) is 7.22. The van der Waals surface area contributed by atoms with Crippen molar-refractivity contribution in [3.05, 3.63) is 86.8 Å². The third-order valence-corrected chi connectivity index (χ3v) is 7.22. The Labute approximate surface area is 213 Å². The van der Waals surface area contributed by atoms with E-state index in [-0.39, 0.29) is 23.1 Å². The molecule has 37 heavy (non-hydrogen) atoms. The Kier molecular flexibility index (Phi) is 6.98. The minimum atomic E-state index is -0.584. The van der Waals surface area contributed by atoms with Gasteiger partial charge in [0, 0.05) is 57.1 Å². The number of amides is 2. The van der Waals surface area contributed by atoms with Crippen LogP contribution in [0.15, 0.2) is 47.5 Å². The quantitative estimate of drug-likeness (QED) is 0.553. The molecular formula is C27H29FN6O3. The molecule has 1 saturated heterocycles. The maximum atomic E-state index is 14.8. The highest BCUT2D eigenvalue weighted by Crippen LogP contribution is 2.25. The second-order valence-corrected chi connectivity index (χ2v) is 9.56.